The molecule has 1 fully saturated rings. The van der Waals surface area contributed by atoms with E-state index < -0.39 is 35.0 Å². The number of hydrogen-bond donors (Lipinski definition) is 4. The zero-order chi connectivity index (χ0) is 24.3. The summed E-state index contributed by atoms with van der Waals surface area (Å²) in [6.45, 7) is 1.15. The number of amides is 1. The molecule has 1 saturated carbocycles. The molecule has 2 unspecified atom stereocenters. The Balaban J connectivity index is 1.57. The van der Waals surface area contributed by atoms with E-state index in [1.807, 2.05) is 42.3 Å². The highest BCUT2D eigenvalue weighted by Gasteiger charge is 2.35. The third kappa shape index (κ3) is 6.09. The summed E-state index contributed by atoms with van der Waals surface area (Å²) in [7, 11) is -3.94. The Labute approximate surface area is 200 Å². The van der Waals surface area contributed by atoms with E-state index in [0.717, 1.165) is 18.4 Å². The Morgan fingerprint density at radius 2 is 1.94 bits per heavy atom. The molecule has 1 aliphatic carbocycles. The van der Waals surface area contributed by atoms with Crippen LogP contribution in [0.3, 0.4) is 0 Å². The first-order valence-corrected chi connectivity index (χ1v) is 12.9. The van der Waals surface area contributed by atoms with Gasteiger partial charge in [-0.15, -0.1) is 0 Å². The van der Waals surface area contributed by atoms with Crippen molar-refractivity contribution in [3.63, 3.8) is 0 Å². The number of carbonyl (C=O) groups is 1. The molecular weight excluding hydrogens is 457 g/mol. The average molecular weight is 487 g/mol. The summed E-state index contributed by atoms with van der Waals surface area (Å²) in [5.41, 5.74) is 1.43. The van der Waals surface area contributed by atoms with Crippen molar-refractivity contribution in [3.05, 3.63) is 54.1 Å². The number of ether oxygens (including phenoxy) is 1. The molecule has 9 nitrogen and oxygen atoms in total. The smallest absolute Gasteiger partial charge is 0.475 e. The maximum atomic E-state index is 13.3. The highest BCUT2D eigenvalue weighted by molar-refractivity contribution is 7.89. The molecule has 2 atom stereocenters. The minimum atomic E-state index is -4.07. The van der Waals surface area contributed by atoms with E-state index in [0.29, 0.717) is 36.9 Å². The highest BCUT2D eigenvalue weighted by Crippen LogP contribution is 2.34. The van der Waals surface area contributed by atoms with Crippen LogP contribution in [0.2, 0.25) is 0 Å². The molecule has 1 aliphatic heterocycles. The Morgan fingerprint density at radius 3 is 2.62 bits per heavy atom. The molecule has 11 heteroatoms. The summed E-state index contributed by atoms with van der Waals surface area (Å²) in [5, 5.41) is 22.1. The lowest BCUT2D eigenvalue weighted by molar-refractivity contribution is -0.123. The maximum Gasteiger partial charge on any atom is 0.475 e. The Bertz CT molecular complexity index is 1110. The van der Waals surface area contributed by atoms with Gasteiger partial charge in [-0.3, -0.25) is 4.79 Å². The molecule has 2 aliphatic rings. The molecule has 0 aromatic heterocycles. The molecular formula is C23H30BN3O6S. The van der Waals surface area contributed by atoms with Gasteiger partial charge in [0.15, 0.2) is 0 Å². The van der Waals surface area contributed by atoms with Gasteiger partial charge in [-0.2, -0.15) is 4.72 Å². The number of anilines is 1. The van der Waals surface area contributed by atoms with Crippen molar-refractivity contribution in [2.45, 2.75) is 42.6 Å². The van der Waals surface area contributed by atoms with E-state index in [1.165, 1.54) is 12.1 Å². The second kappa shape index (κ2) is 10.3. The summed E-state index contributed by atoms with van der Waals surface area (Å²) >= 11 is 0. The molecule has 2 aromatic carbocycles. The van der Waals surface area contributed by atoms with Crippen molar-refractivity contribution in [2.24, 2.45) is 5.92 Å². The number of sulfonamides is 1. The number of likely N-dealkylation sites (N-methyl/N-ethyl adjacent to an activating group) is 1. The number of nitrogens with zero attached hydrogens (tertiary/aromatic N) is 1. The van der Waals surface area contributed by atoms with E-state index >= 15 is 0 Å². The van der Waals surface area contributed by atoms with Crippen LogP contribution in [0.4, 0.5) is 5.69 Å². The quantitative estimate of drug-likeness (QED) is 0.364. The molecule has 182 valence electrons. The molecule has 34 heavy (non-hydrogen) atoms. The van der Waals surface area contributed by atoms with Gasteiger partial charge in [0.05, 0.1) is 23.1 Å². The fraction of sp³-hybridized carbons (Fsp3) is 0.435. The van der Waals surface area contributed by atoms with Crippen LogP contribution in [0.5, 0.6) is 5.75 Å². The number of benzene rings is 2. The van der Waals surface area contributed by atoms with Crippen LogP contribution in [0, 0.1) is 5.92 Å². The second-order valence-electron chi connectivity index (χ2n) is 8.97. The van der Waals surface area contributed by atoms with Crippen LogP contribution in [0.15, 0.2) is 53.4 Å². The van der Waals surface area contributed by atoms with Gasteiger partial charge < -0.3 is 25.0 Å². The highest BCUT2D eigenvalue weighted by atomic mass is 32.2. The van der Waals surface area contributed by atoms with Gasteiger partial charge in [0.1, 0.15) is 18.4 Å². The van der Waals surface area contributed by atoms with Gasteiger partial charge >= 0.3 is 7.12 Å². The normalized spacial score (nSPS) is 17.3. The van der Waals surface area contributed by atoms with Crippen LogP contribution in [0.1, 0.15) is 24.8 Å². The first-order valence-electron chi connectivity index (χ1n) is 11.4. The van der Waals surface area contributed by atoms with Crippen molar-refractivity contribution in [1.29, 1.82) is 0 Å². The van der Waals surface area contributed by atoms with E-state index in [1.54, 1.807) is 6.07 Å². The van der Waals surface area contributed by atoms with Gasteiger partial charge in [-0.05, 0) is 42.5 Å². The monoisotopic (exact) mass is 487 g/mol. The summed E-state index contributed by atoms with van der Waals surface area (Å²) < 4.78 is 34.7. The number of fused-ring (bicyclic) bond motifs is 1. The van der Waals surface area contributed by atoms with Gasteiger partial charge in [0.25, 0.3) is 0 Å². The molecule has 2 aromatic rings. The molecule has 0 spiro atoms. The van der Waals surface area contributed by atoms with Crippen LogP contribution in [-0.4, -0.2) is 63.7 Å². The van der Waals surface area contributed by atoms with E-state index in [9.17, 15) is 23.3 Å². The lowest BCUT2D eigenvalue weighted by Gasteiger charge is -2.28. The van der Waals surface area contributed by atoms with E-state index in [2.05, 4.69) is 10.0 Å². The average Bonchev–Trinajstić information content (AvgIpc) is 3.63. The van der Waals surface area contributed by atoms with Gasteiger partial charge in [-0.25, -0.2) is 8.42 Å². The molecule has 0 radical (unpaired) electrons. The summed E-state index contributed by atoms with van der Waals surface area (Å²) in [5.74, 6) is -0.529. The third-order valence-corrected chi connectivity index (χ3v) is 7.67. The van der Waals surface area contributed by atoms with Crippen molar-refractivity contribution in [1.82, 2.24) is 10.0 Å². The minimum absolute atomic E-state index is 0.0196. The van der Waals surface area contributed by atoms with Crippen molar-refractivity contribution in [2.75, 3.05) is 25.1 Å². The predicted molar refractivity (Wildman–Crippen MR) is 129 cm³/mol. The molecule has 1 amide bonds. The topological polar surface area (TPSA) is 128 Å². The first kappa shape index (κ1) is 24.5. The fourth-order valence-electron chi connectivity index (χ4n) is 4.04. The molecule has 0 saturated heterocycles. The second-order valence-corrected chi connectivity index (χ2v) is 10.7. The lowest BCUT2D eigenvalue weighted by Crippen LogP contribution is -2.54. The largest absolute Gasteiger partial charge is 0.490 e. The van der Waals surface area contributed by atoms with Crippen LogP contribution in [-0.2, 0) is 21.2 Å². The predicted octanol–water partition coefficient (Wildman–Crippen LogP) is 0.702. The maximum absolute atomic E-state index is 13.3. The van der Waals surface area contributed by atoms with Gasteiger partial charge in [0, 0.05) is 7.05 Å². The number of rotatable bonds is 10. The third-order valence-electron chi connectivity index (χ3n) is 6.20. The number of hydrogen-bond acceptors (Lipinski definition) is 7. The van der Waals surface area contributed by atoms with Crippen LogP contribution in [0.25, 0.3) is 0 Å². The fourth-order valence-corrected chi connectivity index (χ4v) is 5.26. The Hall–Kier alpha value is -2.60. The summed E-state index contributed by atoms with van der Waals surface area (Å²) in [6, 6.07) is 12.5. The minimum Gasteiger partial charge on any atom is -0.490 e. The molecule has 1 heterocycles. The van der Waals surface area contributed by atoms with Gasteiger partial charge in [-0.1, -0.05) is 43.2 Å². The van der Waals surface area contributed by atoms with Crippen LogP contribution >= 0.6 is 0 Å². The zero-order valence-corrected chi connectivity index (χ0v) is 19.9. The van der Waals surface area contributed by atoms with E-state index in [4.69, 9.17) is 4.74 Å². The van der Waals surface area contributed by atoms with Crippen molar-refractivity contribution < 1.29 is 28.0 Å². The Morgan fingerprint density at radius 1 is 1.21 bits per heavy atom. The molecule has 4 rings (SSSR count). The summed E-state index contributed by atoms with van der Waals surface area (Å²) in [4.78, 5) is 15.1. The molecule has 0 bridgehead atoms. The van der Waals surface area contributed by atoms with Crippen LogP contribution < -0.4 is 19.7 Å². The molecule has 4 N–H and O–H groups in total. The zero-order valence-electron chi connectivity index (χ0n) is 19.1. The van der Waals surface area contributed by atoms with E-state index in [-0.39, 0.29) is 11.3 Å². The number of carbonyl (C=O) groups excluding carboxylic acids is 1. The summed E-state index contributed by atoms with van der Waals surface area (Å²) in [6.07, 6.45) is 2.51. The van der Waals surface area contributed by atoms with Crippen molar-refractivity contribution in [3.8, 4) is 5.75 Å². The van der Waals surface area contributed by atoms with Crippen molar-refractivity contribution >= 4 is 28.7 Å². The van der Waals surface area contributed by atoms with Gasteiger partial charge in [0.2, 0.25) is 15.9 Å². The number of nitrogens with one attached hydrogen (secondary N) is 2. The Kier molecular flexibility index (Phi) is 7.46. The lowest BCUT2D eigenvalue weighted by atomic mass is 9.76. The standard InChI is InChI=1S/C23H30BN3O6S/c1-27-11-12-33-21-10-9-18(15-20(21)27)34(31,32)26-19(13-16-5-3-2-4-6-16)23(28)25-22(24(29)30)14-17-7-8-17/h2-6,9-10,15,17,19,22,26,29-30H,7-8,11-14H2,1H3,(H,25,28). The first-order chi connectivity index (χ1) is 16.2. The SMILES string of the molecule is CN1CCOc2ccc(S(=O)(=O)NC(Cc3ccccc3)C(=O)NC(CC3CC3)B(O)O)cc21.